The number of thioether (sulfide) groups is 1. The first kappa shape index (κ1) is 13.5. The molecule has 0 aromatic heterocycles. The van der Waals surface area contributed by atoms with Crippen molar-refractivity contribution in [1.29, 1.82) is 0 Å². The largest absolute Gasteiger partial charge is 0.315 e. The van der Waals surface area contributed by atoms with Crippen LogP contribution in [0.5, 0.6) is 0 Å². The van der Waals surface area contributed by atoms with E-state index in [1.165, 1.54) is 50.1 Å². The Morgan fingerprint density at radius 2 is 1.89 bits per heavy atom. The average molecular weight is 275 g/mol. The van der Waals surface area contributed by atoms with E-state index < -0.39 is 0 Å². The Kier molecular flexibility index (Phi) is 4.49. The number of fused-ring (bicyclic) bond motifs is 1. The molecule has 2 heteroatoms. The number of hydrogen-bond acceptors (Lipinski definition) is 2. The van der Waals surface area contributed by atoms with Crippen molar-refractivity contribution in [2.75, 3.05) is 13.1 Å². The molecule has 1 aliphatic heterocycles. The minimum Gasteiger partial charge on any atom is -0.315 e. The van der Waals surface area contributed by atoms with E-state index in [1.807, 2.05) is 0 Å². The fraction of sp³-hybridized carbons (Fsp3) is 0.647. The Bertz CT molecular complexity index is 384. The fourth-order valence-corrected chi connectivity index (χ4v) is 4.63. The van der Waals surface area contributed by atoms with Crippen molar-refractivity contribution in [2.24, 2.45) is 11.8 Å². The number of benzene rings is 1. The molecule has 1 saturated carbocycles. The third kappa shape index (κ3) is 3.55. The van der Waals surface area contributed by atoms with E-state index in [9.17, 15) is 0 Å². The Hall–Kier alpha value is -0.470. The van der Waals surface area contributed by atoms with Gasteiger partial charge < -0.3 is 5.32 Å². The van der Waals surface area contributed by atoms with Gasteiger partial charge in [-0.1, -0.05) is 38.0 Å². The van der Waals surface area contributed by atoms with Crippen molar-refractivity contribution in [2.45, 2.75) is 49.2 Å². The number of hydrogen-bond donors (Lipinski definition) is 1. The van der Waals surface area contributed by atoms with Gasteiger partial charge in [0, 0.05) is 16.7 Å². The molecule has 3 rings (SSSR count). The maximum absolute atomic E-state index is 3.73. The van der Waals surface area contributed by atoms with Crippen molar-refractivity contribution in [1.82, 2.24) is 5.32 Å². The lowest BCUT2D eigenvalue weighted by Crippen LogP contribution is -2.31. The van der Waals surface area contributed by atoms with E-state index >= 15 is 0 Å². The van der Waals surface area contributed by atoms with E-state index in [4.69, 9.17) is 0 Å². The van der Waals surface area contributed by atoms with Gasteiger partial charge in [-0.2, -0.15) is 0 Å². The Morgan fingerprint density at radius 3 is 2.68 bits per heavy atom. The van der Waals surface area contributed by atoms with Crippen LogP contribution in [0.4, 0.5) is 0 Å². The Morgan fingerprint density at radius 1 is 1.11 bits per heavy atom. The fourth-order valence-electron chi connectivity index (χ4n) is 3.35. The summed E-state index contributed by atoms with van der Waals surface area (Å²) < 4.78 is 0. The van der Waals surface area contributed by atoms with Gasteiger partial charge in [0.1, 0.15) is 0 Å². The monoisotopic (exact) mass is 275 g/mol. The second-order valence-corrected chi connectivity index (χ2v) is 7.68. The van der Waals surface area contributed by atoms with E-state index in [-0.39, 0.29) is 0 Å². The molecule has 0 amide bonds. The van der Waals surface area contributed by atoms with Crippen LogP contribution in [0.2, 0.25) is 0 Å². The topological polar surface area (TPSA) is 12.0 Å². The van der Waals surface area contributed by atoms with Crippen LogP contribution >= 0.6 is 11.8 Å². The summed E-state index contributed by atoms with van der Waals surface area (Å²) in [5, 5.41) is 4.48. The standard InChI is InChI=1S/C17H25NS/c1-13-6-8-14(9-7-13)11-18-12-16-10-15-4-2-3-5-17(15)19-16/h2-5,13-14,16,18H,6-12H2,1H3. The highest BCUT2D eigenvalue weighted by Crippen LogP contribution is 2.36. The highest BCUT2D eigenvalue weighted by Gasteiger charge is 2.22. The van der Waals surface area contributed by atoms with E-state index in [0.29, 0.717) is 0 Å². The molecule has 0 saturated heterocycles. The molecule has 1 aliphatic carbocycles. The lowest BCUT2D eigenvalue weighted by atomic mass is 9.83. The molecule has 1 heterocycles. The van der Waals surface area contributed by atoms with E-state index in [0.717, 1.165) is 17.1 Å². The van der Waals surface area contributed by atoms with E-state index in [1.54, 1.807) is 5.56 Å². The first-order valence-corrected chi connectivity index (χ1v) is 8.64. The summed E-state index contributed by atoms with van der Waals surface area (Å²) in [7, 11) is 0. The maximum atomic E-state index is 3.73. The second kappa shape index (κ2) is 6.32. The van der Waals surface area contributed by atoms with Crippen LogP contribution < -0.4 is 5.32 Å². The second-order valence-electron chi connectivity index (χ2n) is 6.34. The molecule has 104 valence electrons. The van der Waals surface area contributed by atoms with Crippen LogP contribution in [-0.2, 0) is 6.42 Å². The van der Waals surface area contributed by atoms with Gasteiger partial charge >= 0.3 is 0 Å². The summed E-state index contributed by atoms with van der Waals surface area (Å²) in [6, 6.07) is 8.87. The van der Waals surface area contributed by atoms with Gasteiger partial charge in [-0.3, -0.25) is 0 Å². The minimum absolute atomic E-state index is 0.750. The Labute approximate surface area is 121 Å². The molecule has 1 fully saturated rings. The van der Waals surface area contributed by atoms with Crippen LogP contribution in [0.1, 0.15) is 38.2 Å². The number of nitrogens with one attached hydrogen (secondary N) is 1. The van der Waals surface area contributed by atoms with Gasteiger partial charge in [0.05, 0.1) is 0 Å². The summed E-state index contributed by atoms with van der Waals surface area (Å²) in [5.74, 6) is 1.90. The van der Waals surface area contributed by atoms with Gasteiger partial charge in [-0.15, -0.1) is 11.8 Å². The van der Waals surface area contributed by atoms with Gasteiger partial charge in [0.2, 0.25) is 0 Å². The summed E-state index contributed by atoms with van der Waals surface area (Å²) in [6.45, 7) is 4.81. The molecule has 1 nitrogen and oxygen atoms in total. The molecule has 0 spiro atoms. The summed E-state index contributed by atoms with van der Waals surface area (Å²) in [5.41, 5.74) is 1.55. The van der Waals surface area contributed by atoms with Crippen molar-refractivity contribution in [3.05, 3.63) is 29.8 Å². The zero-order valence-electron chi connectivity index (χ0n) is 11.9. The highest BCUT2D eigenvalue weighted by atomic mass is 32.2. The predicted molar refractivity (Wildman–Crippen MR) is 83.8 cm³/mol. The minimum atomic E-state index is 0.750. The third-order valence-electron chi connectivity index (χ3n) is 4.65. The van der Waals surface area contributed by atoms with E-state index in [2.05, 4.69) is 48.3 Å². The molecule has 2 aliphatic rings. The Balaban J connectivity index is 1.38. The molecule has 1 aromatic carbocycles. The first-order chi connectivity index (χ1) is 9.31. The normalized spacial score (nSPS) is 30.3. The molecule has 0 bridgehead atoms. The van der Waals surface area contributed by atoms with Gasteiger partial charge in [-0.25, -0.2) is 0 Å². The van der Waals surface area contributed by atoms with Gasteiger partial charge in [-0.05, 0) is 49.3 Å². The van der Waals surface area contributed by atoms with Crippen LogP contribution in [0.25, 0.3) is 0 Å². The van der Waals surface area contributed by atoms with Crippen molar-refractivity contribution < 1.29 is 0 Å². The molecular weight excluding hydrogens is 250 g/mol. The third-order valence-corrected chi connectivity index (χ3v) is 5.97. The molecule has 19 heavy (non-hydrogen) atoms. The van der Waals surface area contributed by atoms with Crippen LogP contribution in [0, 0.1) is 11.8 Å². The predicted octanol–water partition coefficient (Wildman–Crippen LogP) is 4.12. The zero-order chi connectivity index (χ0) is 13.1. The molecule has 1 N–H and O–H groups in total. The molecular formula is C17H25NS. The smallest absolute Gasteiger partial charge is 0.0260 e. The van der Waals surface area contributed by atoms with Crippen LogP contribution in [0.3, 0.4) is 0 Å². The quantitative estimate of drug-likeness (QED) is 0.887. The van der Waals surface area contributed by atoms with Crippen molar-refractivity contribution in [3.8, 4) is 0 Å². The highest BCUT2D eigenvalue weighted by molar-refractivity contribution is 8.00. The molecule has 0 radical (unpaired) electrons. The van der Waals surface area contributed by atoms with Crippen LogP contribution in [0.15, 0.2) is 29.2 Å². The lowest BCUT2D eigenvalue weighted by Gasteiger charge is -2.26. The van der Waals surface area contributed by atoms with Gasteiger partial charge in [0.15, 0.2) is 0 Å². The van der Waals surface area contributed by atoms with Crippen molar-refractivity contribution >= 4 is 11.8 Å². The van der Waals surface area contributed by atoms with Gasteiger partial charge in [0.25, 0.3) is 0 Å². The maximum Gasteiger partial charge on any atom is 0.0260 e. The molecule has 1 atom stereocenters. The average Bonchev–Trinajstić information content (AvgIpc) is 2.83. The summed E-state index contributed by atoms with van der Waals surface area (Å²) in [6.07, 6.45) is 7.00. The lowest BCUT2D eigenvalue weighted by molar-refractivity contribution is 0.282. The van der Waals surface area contributed by atoms with Crippen LogP contribution in [-0.4, -0.2) is 18.3 Å². The molecule has 1 unspecified atom stereocenters. The number of rotatable bonds is 4. The first-order valence-electron chi connectivity index (χ1n) is 7.76. The van der Waals surface area contributed by atoms with Crippen molar-refractivity contribution in [3.63, 3.8) is 0 Å². The molecule has 1 aromatic rings. The zero-order valence-corrected chi connectivity index (χ0v) is 12.7. The summed E-state index contributed by atoms with van der Waals surface area (Å²) >= 11 is 2.06. The summed E-state index contributed by atoms with van der Waals surface area (Å²) in [4.78, 5) is 1.50. The SMILES string of the molecule is CC1CCC(CNCC2Cc3ccccc3S2)CC1.